The van der Waals surface area contributed by atoms with E-state index in [0.717, 1.165) is 17.0 Å². The van der Waals surface area contributed by atoms with Gasteiger partial charge in [0.25, 0.3) is 5.91 Å². The van der Waals surface area contributed by atoms with E-state index < -0.39 is 34.8 Å². The van der Waals surface area contributed by atoms with Crippen molar-refractivity contribution in [1.29, 1.82) is 0 Å². The zero-order chi connectivity index (χ0) is 15.6. The summed E-state index contributed by atoms with van der Waals surface area (Å²) in [5.74, 6) is -2.37. The quantitative estimate of drug-likeness (QED) is 0.467. The second kappa shape index (κ2) is 5.73. The van der Waals surface area contributed by atoms with E-state index in [4.69, 9.17) is 9.47 Å². The van der Waals surface area contributed by atoms with Crippen LogP contribution in [-0.2, 0) is 14.3 Å². The van der Waals surface area contributed by atoms with Crippen LogP contribution >= 0.6 is 0 Å². The van der Waals surface area contributed by atoms with Gasteiger partial charge in [0.2, 0.25) is 5.82 Å². The molecule has 1 amide bonds. The first-order valence-corrected chi connectivity index (χ1v) is 6.00. The molecule has 8 nitrogen and oxygen atoms in total. The Morgan fingerprint density at radius 2 is 2.29 bits per heavy atom. The Balaban J connectivity index is 2.41. The fourth-order valence-corrected chi connectivity index (χ4v) is 1.86. The number of hydrogen-bond donors (Lipinski definition) is 0. The number of nitro benzene ring substituents is 1. The van der Waals surface area contributed by atoms with Crippen LogP contribution in [0, 0.1) is 15.9 Å². The number of nitrogens with zero attached hydrogens (tertiary/aromatic N) is 2. The molecule has 1 aromatic rings. The first kappa shape index (κ1) is 14.7. The van der Waals surface area contributed by atoms with Crippen LogP contribution in [0.1, 0.15) is 6.92 Å². The van der Waals surface area contributed by atoms with Crippen molar-refractivity contribution >= 4 is 23.3 Å². The molecule has 1 heterocycles. The van der Waals surface area contributed by atoms with E-state index in [1.165, 1.54) is 0 Å². The third kappa shape index (κ3) is 2.91. The summed E-state index contributed by atoms with van der Waals surface area (Å²) in [6.07, 6.45) is 0. The van der Waals surface area contributed by atoms with E-state index in [0.29, 0.717) is 0 Å². The van der Waals surface area contributed by atoms with Gasteiger partial charge >= 0.3 is 11.7 Å². The van der Waals surface area contributed by atoms with Crippen LogP contribution < -0.4 is 9.64 Å². The van der Waals surface area contributed by atoms with Crippen LogP contribution in [0.4, 0.5) is 15.8 Å². The lowest BCUT2D eigenvalue weighted by atomic mass is 10.2. The highest BCUT2D eigenvalue weighted by atomic mass is 19.1. The van der Waals surface area contributed by atoms with Gasteiger partial charge in [0.1, 0.15) is 12.3 Å². The molecular formula is C12H11FN2O6. The smallest absolute Gasteiger partial charge is 0.326 e. The molecular weight excluding hydrogens is 287 g/mol. The highest BCUT2D eigenvalue weighted by molar-refractivity contribution is 6.01. The second-order valence-corrected chi connectivity index (χ2v) is 4.10. The molecule has 2 rings (SSSR count). The average Bonchev–Trinajstić information content (AvgIpc) is 2.41. The fraction of sp³-hybridized carbons (Fsp3) is 0.333. The van der Waals surface area contributed by atoms with E-state index in [1.807, 2.05) is 0 Å². The Kier molecular flexibility index (Phi) is 4.01. The summed E-state index contributed by atoms with van der Waals surface area (Å²) in [6, 6.07) is 1.68. The highest BCUT2D eigenvalue weighted by Crippen LogP contribution is 2.37. The van der Waals surface area contributed by atoms with Gasteiger partial charge in [0, 0.05) is 12.1 Å². The molecule has 1 aromatic carbocycles. The van der Waals surface area contributed by atoms with Crippen LogP contribution in [0.5, 0.6) is 5.75 Å². The van der Waals surface area contributed by atoms with Crippen molar-refractivity contribution in [1.82, 2.24) is 0 Å². The summed E-state index contributed by atoms with van der Waals surface area (Å²) in [7, 11) is 0. The van der Waals surface area contributed by atoms with Crippen molar-refractivity contribution in [2.45, 2.75) is 6.92 Å². The van der Waals surface area contributed by atoms with Crippen molar-refractivity contribution in [2.75, 3.05) is 24.7 Å². The van der Waals surface area contributed by atoms with Gasteiger partial charge in [-0.15, -0.1) is 0 Å². The van der Waals surface area contributed by atoms with Crippen molar-refractivity contribution in [3.63, 3.8) is 0 Å². The number of benzene rings is 1. The molecule has 0 spiro atoms. The molecule has 0 aliphatic carbocycles. The van der Waals surface area contributed by atoms with E-state index in [-0.39, 0.29) is 24.7 Å². The number of ether oxygens (including phenoxy) is 2. The number of carbonyl (C=O) groups excluding carboxylic acids is 2. The summed E-state index contributed by atoms with van der Waals surface area (Å²) in [6.45, 7) is 0.927. The molecule has 0 saturated heterocycles. The standard InChI is InChI=1S/C12H11FN2O6/c1-2-20-12(17)5-14-9-4-8(15(18)19)7(13)3-10(9)21-6-11(14)16/h3-4H,2,5-6H2,1H3. The summed E-state index contributed by atoms with van der Waals surface area (Å²) in [4.78, 5) is 34.1. The van der Waals surface area contributed by atoms with Crippen LogP contribution in [0.2, 0.25) is 0 Å². The maximum atomic E-state index is 13.5. The lowest BCUT2D eigenvalue weighted by molar-refractivity contribution is -0.387. The third-order valence-electron chi connectivity index (χ3n) is 2.76. The molecule has 21 heavy (non-hydrogen) atoms. The maximum absolute atomic E-state index is 13.5. The fourth-order valence-electron chi connectivity index (χ4n) is 1.86. The maximum Gasteiger partial charge on any atom is 0.326 e. The highest BCUT2D eigenvalue weighted by Gasteiger charge is 2.31. The molecule has 0 radical (unpaired) electrons. The van der Waals surface area contributed by atoms with E-state index >= 15 is 0 Å². The lowest BCUT2D eigenvalue weighted by Crippen LogP contribution is -2.42. The minimum atomic E-state index is -1.08. The normalized spacial score (nSPS) is 13.4. The number of amides is 1. The summed E-state index contributed by atoms with van der Waals surface area (Å²) >= 11 is 0. The monoisotopic (exact) mass is 298 g/mol. The Morgan fingerprint density at radius 3 is 2.90 bits per heavy atom. The van der Waals surface area contributed by atoms with Gasteiger partial charge in [-0.25, -0.2) is 0 Å². The predicted molar refractivity (Wildman–Crippen MR) is 67.5 cm³/mol. The van der Waals surface area contributed by atoms with E-state index in [9.17, 15) is 24.1 Å². The van der Waals surface area contributed by atoms with Gasteiger partial charge in [-0.05, 0) is 6.92 Å². The molecule has 1 aliphatic rings. The van der Waals surface area contributed by atoms with Crippen molar-refractivity contribution in [3.05, 3.63) is 28.1 Å². The number of esters is 1. The van der Waals surface area contributed by atoms with Crippen molar-refractivity contribution < 1.29 is 28.4 Å². The molecule has 1 aliphatic heterocycles. The number of halogens is 1. The Labute approximate surface area is 118 Å². The second-order valence-electron chi connectivity index (χ2n) is 4.10. The molecule has 0 saturated carbocycles. The minimum absolute atomic E-state index is 0.0348. The van der Waals surface area contributed by atoms with Gasteiger partial charge in [-0.3, -0.25) is 24.6 Å². The molecule has 0 atom stereocenters. The van der Waals surface area contributed by atoms with Gasteiger partial charge in [0.05, 0.1) is 17.2 Å². The summed E-state index contributed by atoms with van der Waals surface area (Å²) < 4.78 is 23.3. The lowest BCUT2D eigenvalue weighted by Gasteiger charge is -2.28. The summed E-state index contributed by atoms with van der Waals surface area (Å²) in [5, 5.41) is 10.8. The number of rotatable bonds is 4. The molecule has 0 fully saturated rings. The van der Waals surface area contributed by atoms with Gasteiger partial charge in [-0.2, -0.15) is 4.39 Å². The van der Waals surface area contributed by atoms with Crippen LogP contribution in [0.15, 0.2) is 12.1 Å². The van der Waals surface area contributed by atoms with Crippen LogP contribution in [0.25, 0.3) is 0 Å². The first-order valence-electron chi connectivity index (χ1n) is 6.00. The largest absolute Gasteiger partial charge is 0.481 e. The molecule has 0 bridgehead atoms. The third-order valence-corrected chi connectivity index (χ3v) is 2.76. The number of hydrogen-bond acceptors (Lipinski definition) is 6. The van der Waals surface area contributed by atoms with E-state index in [2.05, 4.69) is 0 Å². The number of nitro groups is 1. The van der Waals surface area contributed by atoms with Crippen molar-refractivity contribution in [2.24, 2.45) is 0 Å². The Bertz CT molecular complexity index is 618. The number of carbonyl (C=O) groups is 2. The van der Waals surface area contributed by atoms with Gasteiger partial charge in [0.15, 0.2) is 6.61 Å². The molecule has 9 heteroatoms. The SMILES string of the molecule is CCOC(=O)CN1C(=O)COc2cc(F)c([N+](=O)[O-])cc21. The van der Waals surface area contributed by atoms with Crippen molar-refractivity contribution in [3.8, 4) is 5.75 Å². The molecule has 0 N–H and O–H groups in total. The topological polar surface area (TPSA) is 99.0 Å². The number of anilines is 1. The minimum Gasteiger partial charge on any atom is -0.481 e. The van der Waals surface area contributed by atoms with E-state index in [1.54, 1.807) is 6.92 Å². The molecule has 0 aromatic heterocycles. The van der Waals surface area contributed by atoms with Crippen LogP contribution in [0.3, 0.4) is 0 Å². The van der Waals surface area contributed by atoms with Gasteiger partial charge < -0.3 is 9.47 Å². The Hall–Kier alpha value is -2.71. The Morgan fingerprint density at radius 1 is 1.57 bits per heavy atom. The summed E-state index contributed by atoms with van der Waals surface area (Å²) in [5.41, 5.74) is -0.840. The molecule has 0 unspecified atom stereocenters. The average molecular weight is 298 g/mol. The zero-order valence-electron chi connectivity index (χ0n) is 11.0. The van der Waals surface area contributed by atoms with Gasteiger partial charge in [-0.1, -0.05) is 0 Å². The predicted octanol–water partition coefficient (Wildman–Crippen LogP) is 1.02. The van der Waals surface area contributed by atoms with Crippen LogP contribution in [-0.4, -0.2) is 36.6 Å². The molecule has 112 valence electrons. The number of fused-ring (bicyclic) bond motifs is 1. The zero-order valence-corrected chi connectivity index (χ0v) is 11.0. The first-order chi connectivity index (χ1) is 9.93.